The van der Waals surface area contributed by atoms with E-state index in [4.69, 9.17) is 9.05 Å². The summed E-state index contributed by atoms with van der Waals surface area (Å²) >= 11 is 0. The molecule has 0 atom stereocenters. The molecule has 0 aliphatic carbocycles. The first kappa shape index (κ1) is 21.5. The number of phosphoric acid groups is 1. The normalized spacial score (nSPS) is 21.2. The maximum absolute atomic E-state index is 12.5. The van der Waals surface area contributed by atoms with Gasteiger partial charge in [0.1, 0.15) is 11.5 Å². The second-order valence-corrected chi connectivity index (χ2v) is 8.23. The molecule has 0 spiro atoms. The molecule has 0 fully saturated rings. The van der Waals surface area contributed by atoms with Crippen molar-refractivity contribution in [2.75, 3.05) is 0 Å². The van der Waals surface area contributed by atoms with E-state index in [1.54, 1.807) is 0 Å². The maximum Gasteiger partial charge on any atom is 1.00 e. The quantitative estimate of drug-likeness (QED) is 0.590. The fourth-order valence-corrected chi connectivity index (χ4v) is 4.73. The Balaban J connectivity index is 0.00000243. The van der Waals surface area contributed by atoms with Crippen molar-refractivity contribution in [1.29, 1.82) is 0 Å². The summed E-state index contributed by atoms with van der Waals surface area (Å²) in [6.45, 7) is 9.91. The molecule has 0 aromatic heterocycles. The van der Waals surface area contributed by atoms with Crippen LogP contribution in [0.4, 0.5) is 0 Å². The molecule has 0 saturated heterocycles. The fraction of sp³-hybridized carbons (Fsp3) is 0.400. The van der Waals surface area contributed by atoms with Crippen molar-refractivity contribution in [2.24, 2.45) is 0 Å². The van der Waals surface area contributed by atoms with Crippen LogP contribution in [0.3, 0.4) is 0 Å². The van der Waals surface area contributed by atoms with Crippen molar-refractivity contribution < 1.29 is 48.1 Å². The third-order valence-corrected chi connectivity index (χ3v) is 5.44. The van der Waals surface area contributed by atoms with Gasteiger partial charge < -0.3 is 13.9 Å². The summed E-state index contributed by atoms with van der Waals surface area (Å²) in [6, 6.07) is 7.95. The Morgan fingerprint density at radius 3 is 1.73 bits per heavy atom. The van der Waals surface area contributed by atoms with Crippen molar-refractivity contribution in [2.45, 2.75) is 53.4 Å². The zero-order valence-electron chi connectivity index (χ0n) is 16.4. The van der Waals surface area contributed by atoms with Gasteiger partial charge in [-0.3, -0.25) is 0 Å². The second kappa shape index (κ2) is 8.08. The van der Waals surface area contributed by atoms with Crippen molar-refractivity contribution in [1.82, 2.24) is 0 Å². The Labute approximate surface area is 177 Å². The molecule has 0 N–H and O–H groups in total. The summed E-state index contributed by atoms with van der Waals surface area (Å²) < 4.78 is 23.3. The van der Waals surface area contributed by atoms with Crippen LogP contribution in [0.15, 0.2) is 24.3 Å². The van der Waals surface area contributed by atoms with Gasteiger partial charge in [0.15, 0.2) is 0 Å². The van der Waals surface area contributed by atoms with Crippen LogP contribution in [-0.4, -0.2) is 0 Å². The minimum Gasteiger partial charge on any atom is -0.736 e. The standard InChI is InChI=1S/C20H25O4P.Na/c1-6-7-16-17-10-12(2)8-14(4)19(17)23-25(21,22)24-20-15(5)9-13(3)11-18(16)20;/h8-11,16H,6-7H2,1-5H3,(H,21,22);/q;+1/p-1. The first-order chi connectivity index (χ1) is 11.7. The van der Waals surface area contributed by atoms with Gasteiger partial charge in [0.25, 0.3) is 0 Å². The summed E-state index contributed by atoms with van der Waals surface area (Å²) in [5.74, 6) is 0.854. The Kier molecular flexibility index (Phi) is 6.69. The molecule has 4 nitrogen and oxygen atoms in total. The number of benzene rings is 2. The van der Waals surface area contributed by atoms with Crippen molar-refractivity contribution in [3.63, 3.8) is 0 Å². The first-order valence-electron chi connectivity index (χ1n) is 8.64. The SMILES string of the molecule is CCCC1c2cc(C)cc(C)c2OP(=O)([O-])Oc2c(C)cc(C)cc21.[Na+]. The van der Waals surface area contributed by atoms with E-state index in [1.165, 1.54) is 0 Å². The molecule has 0 unspecified atom stereocenters. The molecule has 134 valence electrons. The Morgan fingerprint density at radius 2 is 1.35 bits per heavy atom. The summed E-state index contributed by atoms with van der Waals surface area (Å²) in [5, 5.41) is 0. The molecule has 1 aliphatic heterocycles. The third kappa shape index (κ3) is 4.21. The van der Waals surface area contributed by atoms with Crippen LogP contribution in [0.2, 0.25) is 0 Å². The van der Waals surface area contributed by atoms with Gasteiger partial charge in [0.05, 0.1) is 0 Å². The van der Waals surface area contributed by atoms with Gasteiger partial charge in [0.2, 0.25) is 0 Å². The number of fused-ring (bicyclic) bond motifs is 2. The molecule has 2 aromatic rings. The van der Waals surface area contributed by atoms with Crippen LogP contribution in [0, 0.1) is 27.7 Å². The first-order valence-corrected chi connectivity index (χ1v) is 10.1. The van der Waals surface area contributed by atoms with Crippen LogP contribution in [0.5, 0.6) is 11.5 Å². The molecule has 26 heavy (non-hydrogen) atoms. The van der Waals surface area contributed by atoms with E-state index in [0.29, 0.717) is 11.5 Å². The van der Waals surface area contributed by atoms with Crippen LogP contribution < -0.4 is 43.5 Å². The van der Waals surface area contributed by atoms with E-state index in [1.807, 2.05) is 52.0 Å². The monoisotopic (exact) mass is 382 g/mol. The molecule has 3 rings (SSSR count). The third-order valence-electron chi connectivity index (χ3n) is 4.63. The van der Waals surface area contributed by atoms with E-state index in [-0.39, 0.29) is 35.5 Å². The number of hydrogen-bond donors (Lipinski definition) is 0. The van der Waals surface area contributed by atoms with Crippen molar-refractivity contribution in [3.8, 4) is 11.5 Å². The summed E-state index contributed by atoms with van der Waals surface area (Å²) in [6.07, 6.45) is 1.86. The largest absolute Gasteiger partial charge is 1.00 e. The molecule has 1 heterocycles. The average molecular weight is 382 g/mol. The molecule has 1 aliphatic rings. The molecule has 2 aromatic carbocycles. The molecule has 0 saturated carbocycles. The molecule has 0 bridgehead atoms. The smallest absolute Gasteiger partial charge is 0.736 e. The van der Waals surface area contributed by atoms with Crippen LogP contribution in [-0.2, 0) is 4.57 Å². The van der Waals surface area contributed by atoms with Gasteiger partial charge in [-0.25, -0.2) is 4.57 Å². The van der Waals surface area contributed by atoms with Crippen molar-refractivity contribution in [3.05, 3.63) is 57.6 Å². The van der Waals surface area contributed by atoms with E-state index >= 15 is 0 Å². The Bertz CT molecular complexity index is 813. The molecule has 6 heteroatoms. The number of phosphoric ester groups is 1. The van der Waals surface area contributed by atoms with E-state index in [2.05, 4.69) is 6.92 Å². The predicted octanol–water partition coefficient (Wildman–Crippen LogP) is 2.10. The maximum atomic E-state index is 12.5. The average Bonchev–Trinajstić information content (AvgIpc) is 2.49. The second-order valence-electron chi connectivity index (χ2n) is 6.97. The molecular weight excluding hydrogens is 358 g/mol. The van der Waals surface area contributed by atoms with Gasteiger partial charge in [-0.2, -0.15) is 0 Å². The fourth-order valence-electron chi connectivity index (χ4n) is 3.75. The van der Waals surface area contributed by atoms with Crippen LogP contribution in [0.1, 0.15) is 59.1 Å². The van der Waals surface area contributed by atoms with E-state index < -0.39 is 7.82 Å². The van der Waals surface area contributed by atoms with Crippen LogP contribution >= 0.6 is 7.82 Å². The number of rotatable bonds is 2. The number of aryl methyl sites for hydroxylation is 4. The van der Waals surface area contributed by atoms with Gasteiger partial charge >= 0.3 is 37.4 Å². The predicted molar refractivity (Wildman–Crippen MR) is 97.4 cm³/mol. The van der Waals surface area contributed by atoms with Gasteiger partial charge in [-0.1, -0.05) is 48.7 Å². The topological polar surface area (TPSA) is 58.6 Å². The minimum absolute atomic E-state index is 0. The number of hydrogen-bond acceptors (Lipinski definition) is 4. The molecular formula is C20H24NaO4P. The zero-order chi connectivity index (χ0) is 18.4. The minimum atomic E-state index is -4.50. The summed E-state index contributed by atoms with van der Waals surface area (Å²) in [4.78, 5) is 12.5. The summed E-state index contributed by atoms with van der Waals surface area (Å²) in [7, 11) is -4.50. The zero-order valence-corrected chi connectivity index (χ0v) is 19.3. The Morgan fingerprint density at radius 1 is 0.923 bits per heavy atom. The Hall–Kier alpha value is -0.770. The van der Waals surface area contributed by atoms with E-state index in [0.717, 1.165) is 46.2 Å². The van der Waals surface area contributed by atoms with Gasteiger partial charge in [-0.05, 0) is 45.2 Å². The summed E-state index contributed by atoms with van der Waals surface area (Å²) in [5.41, 5.74) is 5.64. The molecule has 0 radical (unpaired) electrons. The molecule has 0 amide bonds. The van der Waals surface area contributed by atoms with Crippen LogP contribution in [0.25, 0.3) is 0 Å². The van der Waals surface area contributed by atoms with Crippen molar-refractivity contribution >= 4 is 7.82 Å². The van der Waals surface area contributed by atoms with Gasteiger partial charge in [-0.15, -0.1) is 0 Å². The van der Waals surface area contributed by atoms with E-state index in [9.17, 15) is 9.46 Å². The van der Waals surface area contributed by atoms with Gasteiger partial charge in [0, 0.05) is 17.0 Å².